The van der Waals surface area contributed by atoms with Gasteiger partial charge in [0, 0.05) is 50.3 Å². The molecule has 1 aliphatic heterocycles. The first-order chi connectivity index (χ1) is 17.2. The maximum absolute atomic E-state index is 12.6. The van der Waals surface area contributed by atoms with Crippen molar-refractivity contribution >= 4 is 11.9 Å². The summed E-state index contributed by atoms with van der Waals surface area (Å²) in [6.07, 6.45) is 7.15. The number of nitrogens with two attached hydrogens (primary N) is 1. The molecule has 0 aromatic rings. The van der Waals surface area contributed by atoms with E-state index in [1.54, 1.807) is 0 Å². The van der Waals surface area contributed by atoms with Crippen LogP contribution in [-0.4, -0.2) is 97.8 Å². The first-order valence-corrected chi connectivity index (χ1v) is 13.1. The highest BCUT2D eigenvalue weighted by molar-refractivity contribution is 5.92. The summed E-state index contributed by atoms with van der Waals surface area (Å²) in [6, 6.07) is 0. The number of guanidine groups is 1. The third-order valence-electron chi connectivity index (χ3n) is 9.45. The molecule has 0 aromatic carbocycles. The summed E-state index contributed by atoms with van der Waals surface area (Å²) in [5.41, 5.74) is 5.12. The molecule has 6 unspecified atom stereocenters. The average Bonchev–Trinajstić information content (AvgIpc) is 3.17. The van der Waals surface area contributed by atoms with Crippen molar-refractivity contribution in [3.63, 3.8) is 0 Å². The fourth-order valence-electron chi connectivity index (χ4n) is 8.21. The van der Waals surface area contributed by atoms with Crippen LogP contribution in [0.2, 0.25) is 0 Å². The molecule has 4 rings (SSSR count). The molecule has 2 fully saturated rings. The van der Waals surface area contributed by atoms with Crippen LogP contribution >= 0.6 is 0 Å². The van der Waals surface area contributed by atoms with Gasteiger partial charge in [0.25, 0.3) is 0 Å². The minimum atomic E-state index is -1.54. The lowest BCUT2D eigenvalue weighted by Gasteiger charge is -2.61. The lowest BCUT2D eigenvalue weighted by Crippen LogP contribution is -2.62. The standard InChI is InChI=1S/C26H43N5O5/c1-17-4-5-18-12-20-21(22(33)34)24(35,16-36-3)14-25(17,20)26(18)15-31(23(27)30-8-7-28-2)10-6-19(26)13-29-9-11-32/h6,10,17-19,28-29,32,35H,4-5,7-9,11-16H2,1-3H3,(H2,27,30)(H,33,34). The summed E-state index contributed by atoms with van der Waals surface area (Å²) < 4.78 is 5.38. The van der Waals surface area contributed by atoms with Gasteiger partial charge in [-0.3, -0.25) is 4.99 Å². The number of rotatable bonds is 10. The molecule has 202 valence electrons. The Balaban J connectivity index is 1.86. The molecule has 4 aliphatic rings. The van der Waals surface area contributed by atoms with Gasteiger partial charge in [0.1, 0.15) is 5.60 Å². The summed E-state index contributed by atoms with van der Waals surface area (Å²) in [6.45, 7) is 5.26. The number of likely N-dealkylation sites (N-methyl/N-ethyl adjacent to an activating group) is 1. The molecule has 0 amide bonds. The number of carboxylic acid groups (broad SMARTS) is 1. The molecule has 6 atom stereocenters. The lowest BCUT2D eigenvalue weighted by molar-refractivity contribution is -0.138. The highest BCUT2D eigenvalue weighted by Crippen LogP contribution is 2.77. The van der Waals surface area contributed by atoms with E-state index in [0.29, 0.717) is 45.0 Å². The van der Waals surface area contributed by atoms with E-state index < -0.39 is 17.0 Å². The number of nitrogens with zero attached hydrogens (tertiary/aromatic N) is 2. The molecule has 0 aromatic heterocycles. The zero-order valence-electron chi connectivity index (χ0n) is 21.8. The number of methoxy groups -OCH3 is 1. The van der Waals surface area contributed by atoms with Gasteiger partial charge in [-0.25, -0.2) is 4.79 Å². The molecule has 10 heteroatoms. The number of hydrogen-bond donors (Lipinski definition) is 6. The van der Waals surface area contributed by atoms with E-state index in [-0.39, 0.29) is 42.0 Å². The Hall–Kier alpha value is -1.98. The molecule has 10 nitrogen and oxygen atoms in total. The van der Waals surface area contributed by atoms with E-state index in [4.69, 9.17) is 10.5 Å². The maximum atomic E-state index is 12.6. The van der Waals surface area contributed by atoms with E-state index in [1.165, 1.54) is 7.11 Å². The van der Waals surface area contributed by atoms with Gasteiger partial charge in [-0.15, -0.1) is 0 Å². The van der Waals surface area contributed by atoms with E-state index in [9.17, 15) is 20.1 Å². The molecule has 0 saturated heterocycles. The van der Waals surface area contributed by atoms with Crippen LogP contribution in [0.1, 0.15) is 32.6 Å². The summed E-state index contributed by atoms with van der Waals surface area (Å²) in [5, 5.41) is 38.0. The second-order valence-corrected chi connectivity index (χ2v) is 11.0. The van der Waals surface area contributed by atoms with Crippen molar-refractivity contribution < 1.29 is 24.9 Å². The van der Waals surface area contributed by atoms with Crippen molar-refractivity contribution in [1.82, 2.24) is 15.5 Å². The predicted octanol–water partition coefficient (Wildman–Crippen LogP) is 0.133. The van der Waals surface area contributed by atoms with Gasteiger partial charge in [0.15, 0.2) is 5.96 Å². The first-order valence-electron chi connectivity index (χ1n) is 13.1. The van der Waals surface area contributed by atoms with Gasteiger partial charge in [-0.05, 0) is 56.1 Å². The van der Waals surface area contributed by atoms with Crippen LogP contribution in [0.4, 0.5) is 0 Å². The van der Waals surface area contributed by atoms with Gasteiger partial charge in [0.05, 0.1) is 25.3 Å². The molecule has 36 heavy (non-hydrogen) atoms. The smallest absolute Gasteiger partial charge is 0.334 e. The molecular formula is C26H43N5O5. The van der Waals surface area contributed by atoms with Crippen molar-refractivity contribution in [3.05, 3.63) is 23.4 Å². The largest absolute Gasteiger partial charge is 0.478 e. The Morgan fingerprint density at radius 1 is 1.36 bits per heavy atom. The number of ether oxygens (including phenoxy) is 1. The third-order valence-corrected chi connectivity index (χ3v) is 9.45. The normalized spacial score (nSPS) is 37.8. The Kier molecular flexibility index (Phi) is 7.83. The van der Waals surface area contributed by atoms with Crippen molar-refractivity contribution in [1.29, 1.82) is 0 Å². The van der Waals surface area contributed by atoms with Crippen LogP contribution < -0.4 is 16.4 Å². The molecule has 1 heterocycles. The second kappa shape index (κ2) is 10.4. The molecule has 0 radical (unpaired) electrons. The molecule has 2 saturated carbocycles. The second-order valence-electron chi connectivity index (χ2n) is 11.0. The van der Waals surface area contributed by atoms with Crippen LogP contribution in [0.5, 0.6) is 0 Å². The minimum absolute atomic E-state index is 0.0477. The summed E-state index contributed by atoms with van der Waals surface area (Å²) in [4.78, 5) is 19.2. The van der Waals surface area contributed by atoms with Gasteiger partial charge >= 0.3 is 5.97 Å². The highest BCUT2D eigenvalue weighted by Gasteiger charge is 2.74. The zero-order chi connectivity index (χ0) is 26.1. The monoisotopic (exact) mass is 505 g/mol. The number of aliphatic carboxylic acids is 1. The number of aliphatic hydroxyl groups is 2. The first kappa shape index (κ1) is 27.1. The molecule has 2 bridgehead atoms. The van der Waals surface area contributed by atoms with Gasteiger partial charge < -0.3 is 41.3 Å². The summed E-state index contributed by atoms with van der Waals surface area (Å²) in [7, 11) is 3.38. The number of nitrogens with one attached hydrogen (secondary N) is 2. The van der Waals surface area contributed by atoms with Crippen LogP contribution in [0.15, 0.2) is 28.4 Å². The van der Waals surface area contributed by atoms with Crippen LogP contribution in [0.3, 0.4) is 0 Å². The number of aliphatic hydroxyl groups excluding tert-OH is 1. The van der Waals surface area contributed by atoms with Crippen molar-refractivity contribution in [2.75, 3.05) is 60.1 Å². The van der Waals surface area contributed by atoms with E-state index in [2.05, 4.69) is 28.6 Å². The molecule has 3 aliphatic carbocycles. The number of aliphatic imine (C=N–C) groups is 1. The van der Waals surface area contributed by atoms with Crippen molar-refractivity contribution in [3.8, 4) is 0 Å². The fraction of sp³-hybridized carbons (Fsp3) is 0.769. The Bertz CT molecular complexity index is 938. The van der Waals surface area contributed by atoms with Crippen LogP contribution in [0.25, 0.3) is 0 Å². The topological polar surface area (TPSA) is 153 Å². The number of carboxylic acids is 1. The van der Waals surface area contributed by atoms with Crippen molar-refractivity contribution in [2.24, 2.45) is 39.3 Å². The molecule has 2 spiro atoms. The van der Waals surface area contributed by atoms with E-state index in [1.807, 2.05) is 18.1 Å². The van der Waals surface area contributed by atoms with Gasteiger partial charge in [-0.2, -0.15) is 0 Å². The van der Waals surface area contributed by atoms with Crippen LogP contribution in [0, 0.1) is 28.6 Å². The highest BCUT2D eigenvalue weighted by atomic mass is 16.5. The maximum Gasteiger partial charge on any atom is 0.334 e. The zero-order valence-corrected chi connectivity index (χ0v) is 21.8. The van der Waals surface area contributed by atoms with Crippen molar-refractivity contribution in [2.45, 2.75) is 38.2 Å². The molecular weight excluding hydrogens is 462 g/mol. The summed E-state index contributed by atoms with van der Waals surface area (Å²) in [5.74, 6) is -0.0877. The third kappa shape index (κ3) is 3.98. The quantitative estimate of drug-likeness (QED) is 0.138. The number of allylic oxidation sites excluding steroid dienone is 1. The van der Waals surface area contributed by atoms with Crippen LogP contribution in [-0.2, 0) is 9.53 Å². The average molecular weight is 506 g/mol. The summed E-state index contributed by atoms with van der Waals surface area (Å²) >= 11 is 0. The van der Waals surface area contributed by atoms with Gasteiger partial charge in [0.2, 0.25) is 0 Å². The molecule has 7 N–H and O–H groups in total. The van der Waals surface area contributed by atoms with Gasteiger partial charge in [-0.1, -0.05) is 13.0 Å². The fourth-order valence-corrected chi connectivity index (χ4v) is 8.21. The predicted molar refractivity (Wildman–Crippen MR) is 137 cm³/mol. The van der Waals surface area contributed by atoms with E-state index >= 15 is 0 Å². The SMILES string of the molecule is CNCCN=C(N)N1C=CC(CNCCO)C2(C1)C1CCC(C)C23CC(O)(COC)C(C(=O)O)=C3C1. The Labute approximate surface area is 213 Å². The Morgan fingerprint density at radius 2 is 2.14 bits per heavy atom. The lowest BCUT2D eigenvalue weighted by atomic mass is 9.46. The number of carbonyl (C=O) groups is 1. The minimum Gasteiger partial charge on any atom is -0.478 e. The van der Waals surface area contributed by atoms with E-state index in [0.717, 1.165) is 25.0 Å². The Morgan fingerprint density at radius 3 is 2.81 bits per heavy atom. The number of hydrogen-bond acceptors (Lipinski definition) is 7.